The van der Waals surface area contributed by atoms with Crippen LogP contribution in [0.1, 0.15) is 37.5 Å². The lowest BCUT2D eigenvalue weighted by Gasteiger charge is -2.41. The van der Waals surface area contributed by atoms with Crippen molar-refractivity contribution in [1.82, 2.24) is 0 Å². The molecule has 4 heteroatoms. The van der Waals surface area contributed by atoms with Gasteiger partial charge in [0.15, 0.2) is 0 Å². The maximum atomic E-state index is 12.1. The van der Waals surface area contributed by atoms with Gasteiger partial charge in [0.2, 0.25) is 0 Å². The maximum Gasteiger partial charge on any atom is 0.517 e. The topological polar surface area (TPSA) is 46.5 Å². The van der Waals surface area contributed by atoms with Gasteiger partial charge in [-0.1, -0.05) is 69.3 Å². The standard InChI is InChI=1S/C25H28O3S/c1-4-19-17-20(5-2)24(21(6-3)18-19)29(28-25(26)27,22-13-9-7-10-14-22)23-15-11-8-12-16-23/h7-18H,4-6H2,1-3H3,(H,26,27). The van der Waals surface area contributed by atoms with Crippen molar-refractivity contribution in [3.8, 4) is 0 Å². The van der Waals surface area contributed by atoms with Crippen molar-refractivity contribution in [1.29, 1.82) is 0 Å². The Morgan fingerprint density at radius 2 is 1.24 bits per heavy atom. The summed E-state index contributed by atoms with van der Waals surface area (Å²) < 4.78 is 5.95. The third-order valence-corrected chi connectivity index (χ3v) is 8.47. The maximum absolute atomic E-state index is 12.1. The molecule has 3 aromatic rings. The van der Waals surface area contributed by atoms with E-state index in [-0.39, 0.29) is 0 Å². The molecule has 0 aliphatic heterocycles. The number of rotatable bonds is 7. The van der Waals surface area contributed by atoms with Crippen molar-refractivity contribution in [3.05, 3.63) is 89.5 Å². The number of carbonyl (C=O) groups is 1. The minimum Gasteiger partial charge on any atom is -0.449 e. The summed E-state index contributed by atoms with van der Waals surface area (Å²) in [4.78, 5) is 14.9. The lowest BCUT2D eigenvalue weighted by molar-refractivity contribution is 0.150. The van der Waals surface area contributed by atoms with Gasteiger partial charge in [0.1, 0.15) is 0 Å². The molecule has 0 saturated heterocycles. The molecule has 3 aromatic carbocycles. The quantitative estimate of drug-likeness (QED) is 0.447. The highest BCUT2D eigenvalue weighted by Gasteiger charge is 2.38. The van der Waals surface area contributed by atoms with Crippen molar-refractivity contribution < 1.29 is 14.1 Å². The van der Waals surface area contributed by atoms with E-state index in [1.807, 2.05) is 60.7 Å². The molecule has 0 amide bonds. The minimum absolute atomic E-state index is 0.813. The van der Waals surface area contributed by atoms with E-state index < -0.39 is 16.5 Å². The van der Waals surface area contributed by atoms with Crippen LogP contribution in [0, 0.1) is 0 Å². The molecule has 0 fully saturated rings. The van der Waals surface area contributed by atoms with Crippen LogP contribution < -0.4 is 0 Å². The molecular weight excluding hydrogens is 380 g/mol. The molecule has 29 heavy (non-hydrogen) atoms. The van der Waals surface area contributed by atoms with Gasteiger partial charge < -0.3 is 9.29 Å². The number of carboxylic acid groups (broad SMARTS) is 1. The third kappa shape index (κ3) is 4.03. The van der Waals surface area contributed by atoms with Crippen LogP contribution in [-0.2, 0) is 23.4 Å². The van der Waals surface area contributed by atoms with E-state index in [2.05, 4.69) is 32.9 Å². The third-order valence-electron chi connectivity index (χ3n) is 5.11. The first-order chi connectivity index (χ1) is 14.1. The molecule has 152 valence electrons. The summed E-state index contributed by atoms with van der Waals surface area (Å²) in [5, 5.41) is 9.86. The zero-order chi connectivity index (χ0) is 20.9. The van der Waals surface area contributed by atoms with E-state index in [1.165, 1.54) is 5.56 Å². The van der Waals surface area contributed by atoms with Crippen molar-refractivity contribution in [2.24, 2.45) is 0 Å². The Balaban J connectivity index is 2.48. The Morgan fingerprint density at radius 3 is 1.59 bits per heavy atom. The van der Waals surface area contributed by atoms with Gasteiger partial charge >= 0.3 is 6.16 Å². The van der Waals surface area contributed by atoms with Crippen LogP contribution in [0.2, 0.25) is 0 Å². The van der Waals surface area contributed by atoms with Crippen LogP contribution in [0.4, 0.5) is 4.79 Å². The molecule has 0 saturated carbocycles. The first-order valence-corrected chi connectivity index (χ1v) is 11.6. The molecule has 0 aliphatic rings. The normalized spacial score (nSPS) is 11.8. The second-order valence-corrected chi connectivity index (χ2v) is 9.47. The number of hydrogen-bond donors (Lipinski definition) is 1. The van der Waals surface area contributed by atoms with Crippen molar-refractivity contribution in [2.45, 2.75) is 54.7 Å². The summed E-state index contributed by atoms with van der Waals surface area (Å²) in [5.41, 5.74) is 3.59. The monoisotopic (exact) mass is 408 g/mol. The molecule has 0 unspecified atom stereocenters. The van der Waals surface area contributed by atoms with E-state index in [4.69, 9.17) is 4.18 Å². The van der Waals surface area contributed by atoms with Crippen molar-refractivity contribution in [2.75, 3.05) is 0 Å². The van der Waals surface area contributed by atoms with Crippen LogP contribution in [0.3, 0.4) is 0 Å². The van der Waals surface area contributed by atoms with Crippen LogP contribution in [0.15, 0.2) is 87.5 Å². The van der Waals surface area contributed by atoms with E-state index in [9.17, 15) is 9.90 Å². The highest BCUT2D eigenvalue weighted by molar-refractivity contribution is 8.30. The highest BCUT2D eigenvalue weighted by atomic mass is 32.3. The fraction of sp³-hybridized carbons (Fsp3) is 0.240. The predicted octanol–water partition coefficient (Wildman–Crippen LogP) is 7.27. The van der Waals surface area contributed by atoms with Crippen LogP contribution in [0.25, 0.3) is 0 Å². The van der Waals surface area contributed by atoms with Crippen molar-refractivity contribution >= 4 is 16.5 Å². The van der Waals surface area contributed by atoms with E-state index in [1.54, 1.807) is 0 Å². The Hall–Kier alpha value is -2.72. The second kappa shape index (κ2) is 9.19. The van der Waals surface area contributed by atoms with Gasteiger partial charge in [-0.05, 0) is 70.5 Å². The number of aryl methyl sites for hydroxylation is 3. The fourth-order valence-corrected chi connectivity index (χ4v) is 7.23. The minimum atomic E-state index is -2.44. The molecule has 0 aromatic heterocycles. The molecule has 3 rings (SSSR count). The van der Waals surface area contributed by atoms with Gasteiger partial charge in [0.25, 0.3) is 0 Å². The van der Waals surface area contributed by atoms with Crippen LogP contribution in [0.5, 0.6) is 0 Å². The van der Waals surface area contributed by atoms with Gasteiger partial charge in [-0.2, -0.15) is 0 Å². The second-order valence-electron chi connectivity index (χ2n) is 6.84. The van der Waals surface area contributed by atoms with Gasteiger partial charge in [0, 0.05) is 14.7 Å². The molecule has 0 spiro atoms. The van der Waals surface area contributed by atoms with Crippen molar-refractivity contribution in [3.63, 3.8) is 0 Å². The molecule has 0 atom stereocenters. The molecular formula is C25H28O3S. The summed E-state index contributed by atoms with van der Waals surface area (Å²) in [6.07, 6.45) is 1.32. The average molecular weight is 409 g/mol. The molecule has 0 aliphatic carbocycles. The van der Waals surface area contributed by atoms with Crippen LogP contribution >= 0.6 is 10.3 Å². The van der Waals surface area contributed by atoms with E-state index >= 15 is 0 Å². The highest BCUT2D eigenvalue weighted by Crippen LogP contribution is 2.70. The Labute approximate surface area is 174 Å². The first-order valence-electron chi connectivity index (χ1n) is 10.1. The summed E-state index contributed by atoms with van der Waals surface area (Å²) in [7, 11) is -2.44. The lowest BCUT2D eigenvalue weighted by Crippen LogP contribution is -2.16. The van der Waals surface area contributed by atoms with Gasteiger partial charge in [-0.15, -0.1) is 0 Å². The Kier molecular flexibility index (Phi) is 6.65. The Bertz CT molecular complexity index is 903. The first kappa shape index (κ1) is 21.0. The summed E-state index contributed by atoms with van der Waals surface area (Å²) in [6.45, 7) is 6.40. The van der Waals surface area contributed by atoms with E-state index in [0.717, 1.165) is 45.1 Å². The lowest BCUT2D eigenvalue weighted by atomic mass is 10.0. The summed E-state index contributed by atoms with van der Waals surface area (Å²) in [5.74, 6) is 0. The van der Waals surface area contributed by atoms with Gasteiger partial charge in [-0.25, -0.2) is 4.79 Å². The summed E-state index contributed by atoms with van der Waals surface area (Å²) >= 11 is 0. The molecule has 0 heterocycles. The molecule has 0 radical (unpaired) electrons. The SMILES string of the molecule is CCc1cc(CC)c(S(OC(=O)O)(c2ccccc2)c2ccccc2)c(CC)c1. The van der Waals surface area contributed by atoms with Gasteiger partial charge in [-0.3, -0.25) is 0 Å². The Morgan fingerprint density at radius 1 is 0.793 bits per heavy atom. The summed E-state index contributed by atoms with van der Waals surface area (Å²) in [6, 6.07) is 24.0. The smallest absolute Gasteiger partial charge is 0.449 e. The van der Waals surface area contributed by atoms with Crippen LogP contribution in [-0.4, -0.2) is 11.3 Å². The molecule has 1 N–H and O–H groups in total. The molecule has 0 bridgehead atoms. The fourth-order valence-electron chi connectivity index (χ4n) is 3.77. The van der Waals surface area contributed by atoms with Gasteiger partial charge in [0.05, 0.1) is 0 Å². The largest absolute Gasteiger partial charge is 0.517 e. The number of hydrogen-bond acceptors (Lipinski definition) is 2. The average Bonchev–Trinajstić information content (AvgIpc) is 2.77. The number of benzene rings is 3. The molecule has 3 nitrogen and oxygen atoms in total. The van der Waals surface area contributed by atoms with E-state index in [0.29, 0.717) is 0 Å². The zero-order valence-electron chi connectivity index (χ0n) is 17.2. The zero-order valence-corrected chi connectivity index (χ0v) is 18.0. The predicted molar refractivity (Wildman–Crippen MR) is 119 cm³/mol.